The first-order valence-electron chi connectivity index (χ1n) is 14.3. The maximum Gasteiger partial charge on any atom is 0.311 e. The van der Waals surface area contributed by atoms with E-state index in [0.717, 1.165) is 5.57 Å². The number of carbonyl (C=O) groups is 4. The number of hydrogen-bond acceptors (Lipinski definition) is 10. The number of rotatable bonds is 8. The normalized spacial score (nSPS) is 35.0. The lowest BCUT2D eigenvalue weighted by Crippen LogP contribution is -2.74. The maximum absolute atomic E-state index is 14.7. The molecular weight excluding hydrogens is 592 g/mol. The number of Topliss-reactive ketones (excluding diaryl/α,β-unsaturated/α-hetero) is 1. The van der Waals surface area contributed by atoms with Gasteiger partial charge in [0.15, 0.2) is 15.5 Å². The first-order chi connectivity index (χ1) is 20.4. The van der Waals surface area contributed by atoms with Crippen LogP contribution in [0.1, 0.15) is 40.5 Å². The zero-order chi connectivity index (χ0) is 31.4. The predicted octanol–water partition coefficient (Wildman–Crippen LogP) is 2.69. The molecule has 0 aromatic carbocycles. The Morgan fingerprint density at radius 2 is 1.65 bits per heavy atom. The summed E-state index contributed by atoms with van der Waals surface area (Å²) in [4.78, 5) is 55.9. The second kappa shape index (κ2) is 11.6. The van der Waals surface area contributed by atoms with E-state index in [-0.39, 0.29) is 30.4 Å². The van der Waals surface area contributed by atoms with Crippen molar-refractivity contribution in [2.45, 2.75) is 80.7 Å². The molecule has 10 nitrogen and oxygen atoms in total. The molecule has 43 heavy (non-hydrogen) atoms. The Balaban J connectivity index is 1.47. The monoisotopic (exact) mass is 630 g/mol. The summed E-state index contributed by atoms with van der Waals surface area (Å²) in [6.07, 6.45) is 12.0. The molecule has 232 valence electrons. The fourth-order valence-electron chi connectivity index (χ4n) is 6.87. The number of aliphatic hydroxyl groups excluding tert-OH is 2. The van der Waals surface area contributed by atoms with Gasteiger partial charge in [-0.15, -0.1) is 23.5 Å². The van der Waals surface area contributed by atoms with Crippen molar-refractivity contribution in [3.8, 4) is 0 Å². The van der Waals surface area contributed by atoms with Crippen LogP contribution in [0.25, 0.3) is 0 Å². The molecule has 4 aliphatic heterocycles. The predicted molar refractivity (Wildman–Crippen MR) is 163 cm³/mol. The molecule has 3 saturated heterocycles. The SMILES string of the molecule is C/C=C(\C)C(=O)C(C)C(O)C(C)C(=O)O[C@H]1C=CC=C2C[C@@]3(SC)C(=O)N4[C@H]5C(=COC=C[C@@H]5O)C[C@@]4(SC)C(=O)N3[C@@H]21. The smallest absolute Gasteiger partial charge is 0.311 e. The van der Waals surface area contributed by atoms with Crippen LogP contribution in [0.5, 0.6) is 0 Å². The van der Waals surface area contributed by atoms with E-state index >= 15 is 0 Å². The zero-order valence-electron chi connectivity index (χ0n) is 25.1. The number of nitrogens with zero attached hydrogens (tertiary/aromatic N) is 2. The van der Waals surface area contributed by atoms with Crippen LogP contribution in [0, 0.1) is 11.8 Å². The van der Waals surface area contributed by atoms with Crippen LogP contribution in [-0.2, 0) is 28.7 Å². The van der Waals surface area contributed by atoms with Crippen LogP contribution in [0.3, 0.4) is 0 Å². The van der Waals surface area contributed by atoms with Crippen molar-refractivity contribution in [1.82, 2.24) is 9.80 Å². The largest absolute Gasteiger partial charge is 0.473 e. The summed E-state index contributed by atoms with van der Waals surface area (Å²) < 4.78 is 11.4. The first-order valence-corrected chi connectivity index (χ1v) is 16.7. The third-order valence-corrected chi connectivity index (χ3v) is 11.8. The maximum atomic E-state index is 14.7. The molecule has 0 spiro atoms. The molecule has 3 unspecified atom stereocenters. The minimum absolute atomic E-state index is 0.177. The summed E-state index contributed by atoms with van der Waals surface area (Å²) in [6.45, 7) is 6.49. The van der Waals surface area contributed by atoms with E-state index in [1.54, 1.807) is 61.3 Å². The van der Waals surface area contributed by atoms with Crippen LogP contribution in [-0.4, -0.2) is 96.2 Å². The van der Waals surface area contributed by atoms with Crippen LogP contribution in [0.15, 0.2) is 59.6 Å². The third-order valence-electron chi connectivity index (χ3n) is 9.47. The van der Waals surface area contributed by atoms with E-state index in [0.29, 0.717) is 11.1 Å². The number of ketones is 1. The molecule has 0 aromatic heterocycles. The Labute approximate surface area is 259 Å². The molecule has 2 amide bonds. The van der Waals surface area contributed by atoms with E-state index in [4.69, 9.17) is 9.47 Å². The summed E-state index contributed by atoms with van der Waals surface area (Å²) in [7, 11) is 0. The lowest BCUT2D eigenvalue weighted by atomic mass is 9.87. The number of carbonyl (C=O) groups excluding carboxylic acids is 4. The minimum atomic E-state index is -1.32. The summed E-state index contributed by atoms with van der Waals surface area (Å²) in [5.41, 5.74) is 1.91. The molecule has 4 heterocycles. The van der Waals surface area contributed by atoms with Crippen molar-refractivity contribution in [3.63, 3.8) is 0 Å². The number of fused-ring (bicyclic) bond motifs is 6. The van der Waals surface area contributed by atoms with E-state index < -0.39 is 57.9 Å². The number of amides is 2. The molecule has 0 radical (unpaired) electrons. The zero-order valence-corrected chi connectivity index (χ0v) is 26.7. The van der Waals surface area contributed by atoms with Crippen molar-refractivity contribution < 1.29 is 38.9 Å². The Morgan fingerprint density at radius 3 is 2.26 bits per heavy atom. The molecule has 9 atom stereocenters. The molecule has 5 rings (SSSR count). The Kier molecular flexibility index (Phi) is 8.54. The van der Waals surface area contributed by atoms with Gasteiger partial charge in [0.2, 0.25) is 0 Å². The van der Waals surface area contributed by atoms with Crippen molar-refractivity contribution >= 4 is 47.1 Å². The third kappa shape index (κ3) is 4.63. The Hall–Kier alpha value is -2.80. The average molecular weight is 631 g/mol. The molecule has 2 N–H and O–H groups in total. The summed E-state index contributed by atoms with van der Waals surface area (Å²) >= 11 is 2.49. The molecule has 1 aliphatic carbocycles. The lowest BCUT2D eigenvalue weighted by molar-refractivity contribution is -0.171. The van der Waals surface area contributed by atoms with Gasteiger partial charge in [-0.05, 0) is 62.2 Å². The van der Waals surface area contributed by atoms with Crippen molar-refractivity contribution in [1.29, 1.82) is 0 Å². The molecule has 12 heteroatoms. The van der Waals surface area contributed by atoms with Gasteiger partial charge in [-0.25, -0.2) is 0 Å². The van der Waals surface area contributed by atoms with Crippen LogP contribution >= 0.6 is 23.5 Å². The molecular formula is C31H38N2O8S2. The minimum Gasteiger partial charge on any atom is -0.473 e. The van der Waals surface area contributed by atoms with Gasteiger partial charge in [0.25, 0.3) is 11.8 Å². The fourth-order valence-corrected chi connectivity index (χ4v) is 8.82. The highest BCUT2D eigenvalue weighted by Gasteiger charge is 2.72. The van der Waals surface area contributed by atoms with Crippen LogP contribution in [0.4, 0.5) is 0 Å². The number of thioether (sulfide) groups is 2. The van der Waals surface area contributed by atoms with Gasteiger partial charge >= 0.3 is 5.97 Å². The standard InChI is InChI=1S/C31H38N2O8S2/c1-7-16(2)25(35)17(3)26(36)18(4)27(37)41-22-10-8-9-19-13-30(42-5)28(38)32-23-20(15-40-12-11-21(23)34)14-31(32,43-6)29(39)33(30)24(19)22/h7-12,15,17-18,21-24,26,34,36H,13-14H2,1-6H3/b16-7+/t17?,18?,21-,22-,23-,24-,26?,30+,31+/m0/s1. The number of piperazine rings is 1. The highest BCUT2D eigenvalue weighted by molar-refractivity contribution is 8.01. The summed E-state index contributed by atoms with van der Waals surface area (Å²) in [6, 6.07) is -1.49. The number of aliphatic hydroxyl groups is 2. The molecule has 3 fully saturated rings. The number of hydrogen-bond donors (Lipinski definition) is 2. The Morgan fingerprint density at radius 1 is 1.05 bits per heavy atom. The topological polar surface area (TPSA) is 134 Å². The van der Waals surface area contributed by atoms with E-state index in [2.05, 4.69) is 0 Å². The molecule has 0 bridgehead atoms. The number of esters is 1. The first kappa shape index (κ1) is 31.6. The number of ether oxygens (including phenoxy) is 2. The Bertz CT molecular complexity index is 1390. The quantitative estimate of drug-likeness (QED) is 0.305. The van der Waals surface area contributed by atoms with Gasteiger partial charge in [0, 0.05) is 18.8 Å². The highest BCUT2D eigenvalue weighted by Crippen LogP contribution is 2.59. The van der Waals surface area contributed by atoms with Crippen molar-refractivity contribution in [2.24, 2.45) is 11.8 Å². The second-order valence-electron chi connectivity index (χ2n) is 11.7. The van der Waals surface area contributed by atoms with Gasteiger partial charge < -0.3 is 29.5 Å². The van der Waals surface area contributed by atoms with Crippen molar-refractivity contribution in [3.05, 3.63) is 59.6 Å². The van der Waals surface area contributed by atoms with Crippen LogP contribution in [0.2, 0.25) is 0 Å². The average Bonchev–Trinajstić information content (AvgIpc) is 3.49. The lowest BCUT2D eigenvalue weighted by Gasteiger charge is -2.54. The molecule has 0 saturated carbocycles. The van der Waals surface area contributed by atoms with E-state index in [1.807, 2.05) is 6.08 Å². The van der Waals surface area contributed by atoms with Crippen LogP contribution < -0.4 is 0 Å². The fraction of sp³-hybridized carbons (Fsp3) is 0.548. The van der Waals surface area contributed by atoms with E-state index in [1.165, 1.54) is 49.0 Å². The van der Waals surface area contributed by atoms with Gasteiger partial charge in [-0.3, -0.25) is 19.2 Å². The second-order valence-corrected chi connectivity index (χ2v) is 13.8. The van der Waals surface area contributed by atoms with Gasteiger partial charge in [0.1, 0.15) is 6.10 Å². The molecule has 0 aromatic rings. The van der Waals surface area contributed by atoms with Crippen molar-refractivity contribution in [2.75, 3.05) is 12.5 Å². The van der Waals surface area contributed by atoms with E-state index in [9.17, 15) is 29.4 Å². The highest BCUT2D eigenvalue weighted by atomic mass is 32.2. The van der Waals surface area contributed by atoms with Gasteiger partial charge in [-0.2, -0.15) is 0 Å². The van der Waals surface area contributed by atoms with Gasteiger partial charge in [-0.1, -0.05) is 25.2 Å². The number of allylic oxidation sites excluding steroid dienone is 4. The molecule has 5 aliphatic rings. The van der Waals surface area contributed by atoms with Gasteiger partial charge in [0.05, 0.1) is 42.7 Å². The summed E-state index contributed by atoms with van der Waals surface area (Å²) in [5, 5.41) is 21.9. The summed E-state index contributed by atoms with van der Waals surface area (Å²) in [5.74, 6) is -3.41.